The number of rotatable bonds is 7. The molecule has 0 saturated carbocycles. The first-order valence-electron chi connectivity index (χ1n) is 5.03. The number of hydrogen-bond donors (Lipinski definition) is 1. The summed E-state index contributed by atoms with van der Waals surface area (Å²) in [4.78, 5) is 2.33. The Morgan fingerprint density at radius 2 is 1.83 bits per heavy atom. The Morgan fingerprint density at radius 3 is 2.25 bits per heavy atom. The molecule has 0 rings (SSSR count). The molecule has 1 N–H and O–H groups in total. The lowest BCUT2D eigenvalue weighted by Gasteiger charge is -2.21. The summed E-state index contributed by atoms with van der Waals surface area (Å²) in [6, 6.07) is 0. The van der Waals surface area contributed by atoms with Gasteiger partial charge in [0.2, 0.25) is 0 Å². The molecule has 2 nitrogen and oxygen atoms in total. The largest absolute Gasteiger partial charge is 0.395 e. The summed E-state index contributed by atoms with van der Waals surface area (Å²) in [6.45, 7) is 10.0. The molecule has 0 saturated heterocycles. The summed E-state index contributed by atoms with van der Waals surface area (Å²) in [6.07, 6.45) is 2.41. The molecule has 0 aliphatic heterocycles. The standard InChI is InChI=1S/C10H23NO/c1-4-6-11(8-9-12)7-5-10(2)3/h10,12H,4-9H2,1-3H3. The van der Waals surface area contributed by atoms with E-state index in [4.69, 9.17) is 5.11 Å². The lowest BCUT2D eigenvalue weighted by molar-refractivity contribution is 0.189. The molecule has 0 atom stereocenters. The molecule has 0 unspecified atom stereocenters. The molecule has 0 aliphatic carbocycles. The molecule has 0 fully saturated rings. The normalized spacial score (nSPS) is 11.5. The summed E-state index contributed by atoms with van der Waals surface area (Å²) in [5, 5.41) is 8.79. The first-order valence-corrected chi connectivity index (χ1v) is 5.03. The minimum Gasteiger partial charge on any atom is -0.395 e. The fourth-order valence-corrected chi connectivity index (χ4v) is 1.23. The van der Waals surface area contributed by atoms with Gasteiger partial charge in [-0.2, -0.15) is 0 Å². The minimum absolute atomic E-state index is 0.290. The monoisotopic (exact) mass is 173 g/mol. The van der Waals surface area contributed by atoms with Gasteiger partial charge in [-0.1, -0.05) is 20.8 Å². The second kappa shape index (κ2) is 7.56. The van der Waals surface area contributed by atoms with Gasteiger partial charge in [0.15, 0.2) is 0 Å². The van der Waals surface area contributed by atoms with Gasteiger partial charge in [0, 0.05) is 6.54 Å². The van der Waals surface area contributed by atoms with Crippen molar-refractivity contribution in [2.75, 3.05) is 26.2 Å². The minimum atomic E-state index is 0.290. The van der Waals surface area contributed by atoms with Crippen molar-refractivity contribution in [3.05, 3.63) is 0 Å². The second-order valence-electron chi connectivity index (χ2n) is 3.75. The van der Waals surface area contributed by atoms with Gasteiger partial charge < -0.3 is 10.0 Å². The van der Waals surface area contributed by atoms with E-state index in [-0.39, 0.29) is 6.61 Å². The molecule has 74 valence electrons. The van der Waals surface area contributed by atoms with Crippen LogP contribution in [0.3, 0.4) is 0 Å². The van der Waals surface area contributed by atoms with Crippen LogP contribution in [0.2, 0.25) is 0 Å². The number of aliphatic hydroxyl groups excluding tert-OH is 1. The number of aliphatic hydroxyl groups is 1. The summed E-state index contributed by atoms with van der Waals surface area (Å²) < 4.78 is 0. The highest BCUT2D eigenvalue weighted by molar-refractivity contribution is 4.57. The van der Waals surface area contributed by atoms with Crippen LogP contribution >= 0.6 is 0 Å². The van der Waals surface area contributed by atoms with Gasteiger partial charge in [0.05, 0.1) is 6.61 Å². The lowest BCUT2D eigenvalue weighted by atomic mass is 10.1. The van der Waals surface area contributed by atoms with Crippen molar-refractivity contribution in [1.82, 2.24) is 4.90 Å². The lowest BCUT2D eigenvalue weighted by Crippen LogP contribution is -2.29. The predicted molar refractivity (Wildman–Crippen MR) is 53.3 cm³/mol. The average Bonchev–Trinajstić information content (AvgIpc) is 2.01. The van der Waals surface area contributed by atoms with Crippen molar-refractivity contribution in [2.24, 2.45) is 5.92 Å². The highest BCUT2D eigenvalue weighted by Gasteiger charge is 2.03. The first-order chi connectivity index (χ1) is 5.70. The molecule has 0 aliphatic rings. The predicted octanol–water partition coefficient (Wildman–Crippen LogP) is 1.74. The van der Waals surface area contributed by atoms with Crippen LogP contribution in [-0.2, 0) is 0 Å². The van der Waals surface area contributed by atoms with Gasteiger partial charge in [-0.25, -0.2) is 0 Å². The molecule has 0 spiro atoms. The average molecular weight is 173 g/mol. The third-order valence-electron chi connectivity index (χ3n) is 1.98. The van der Waals surface area contributed by atoms with Gasteiger partial charge in [-0.15, -0.1) is 0 Å². The third-order valence-corrected chi connectivity index (χ3v) is 1.98. The van der Waals surface area contributed by atoms with E-state index in [0.717, 1.165) is 25.6 Å². The maximum Gasteiger partial charge on any atom is 0.0558 e. The van der Waals surface area contributed by atoms with Crippen LogP contribution in [0.4, 0.5) is 0 Å². The van der Waals surface area contributed by atoms with Crippen LogP contribution in [0.25, 0.3) is 0 Å². The van der Waals surface area contributed by atoms with Crippen LogP contribution < -0.4 is 0 Å². The van der Waals surface area contributed by atoms with Crippen LogP contribution in [0.5, 0.6) is 0 Å². The smallest absolute Gasteiger partial charge is 0.0558 e. The third kappa shape index (κ3) is 6.62. The number of nitrogens with zero attached hydrogens (tertiary/aromatic N) is 1. The molecule has 2 heteroatoms. The zero-order valence-corrected chi connectivity index (χ0v) is 8.71. The summed E-state index contributed by atoms with van der Waals surface area (Å²) >= 11 is 0. The van der Waals surface area contributed by atoms with E-state index in [0.29, 0.717) is 0 Å². The van der Waals surface area contributed by atoms with E-state index in [2.05, 4.69) is 25.7 Å². The fraction of sp³-hybridized carbons (Fsp3) is 1.00. The molecule has 0 aromatic rings. The van der Waals surface area contributed by atoms with E-state index in [1.54, 1.807) is 0 Å². The molecule has 0 radical (unpaired) electrons. The van der Waals surface area contributed by atoms with E-state index in [9.17, 15) is 0 Å². The van der Waals surface area contributed by atoms with Crippen molar-refractivity contribution in [2.45, 2.75) is 33.6 Å². The van der Waals surface area contributed by atoms with Gasteiger partial charge in [-0.3, -0.25) is 0 Å². The summed E-state index contributed by atoms with van der Waals surface area (Å²) in [7, 11) is 0. The van der Waals surface area contributed by atoms with Gasteiger partial charge in [0.1, 0.15) is 0 Å². The van der Waals surface area contributed by atoms with Crippen LogP contribution in [0.1, 0.15) is 33.6 Å². The molecule has 0 aromatic heterocycles. The highest BCUT2D eigenvalue weighted by atomic mass is 16.3. The maximum absolute atomic E-state index is 8.79. The van der Waals surface area contributed by atoms with Crippen LogP contribution in [0, 0.1) is 5.92 Å². The maximum atomic E-state index is 8.79. The van der Waals surface area contributed by atoms with E-state index < -0.39 is 0 Å². The van der Waals surface area contributed by atoms with Crippen molar-refractivity contribution >= 4 is 0 Å². The summed E-state index contributed by atoms with van der Waals surface area (Å²) in [5.41, 5.74) is 0. The molecular formula is C10H23NO. The SMILES string of the molecule is CCCN(CCO)CCC(C)C. The quantitative estimate of drug-likeness (QED) is 0.634. The molecule has 0 aromatic carbocycles. The van der Waals surface area contributed by atoms with Gasteiger partial charge >= 0.3 is 0 Å². The molecule has 0 heterocycles. The van der Waals surface area contributed by atoms with Gasteiger partial charge in [0.25, 0.3) is 0 Å². The van der Waals surface area contributed by atoms with E-state index in [1.165, 1.54) is 12.8 Å². The Morgan fingerprint density at radius 1 is 1.17 bits per heavy atom. The summed E-state index contributed by atoms with van der Waals surface area (Å²) in [5.74, 6) is 0.767. The van der Waals surface area contributed by atoms with E-state index in [1.807, 2.05) is 0 Å². The zero-order valence-electron chi connectivity index (χ0n) is 8.71. The molecule has 0 amide bonds. The van der Waals surface area contributed by atoms with Crippen molar-refractivity contribution in [3.8, 4) is 0 Å². The van der Waals surface area contributed by atoms with Crippen molar-refractivity contribution in [1.29, 1.82) is 0 Å². The van der Waals surface area contributed by atoms with E-state index >= 15 is 0 Å². The van der Waals surface area contributed by atoms with Crippen LogP contribution in [0.15, 0.2) is 0 Å². The molecule has 12 heavy (non-hydrogen) atoms. The zero-order chi connectivity index (χ0) is 9.40. The highest BCUT2D eigenvalue weighted by Crippen LogP contribution is 2.02. The first kappa shape index (κ1) is 11.9. The Hall–Kier alpha value is -0.0800. The Bertz CT molecular complexity index is 87.8. The molecule has 0 bridgehead atoms. The van der Waals surface area contributed by atoms with Crippen LogP contribution in [-0.4, -0.2) is 36.2 Å². The Labute approximate surface area is 76.6 Å². The Balaban J connectivity index is 3.48. The van der Waals surface area contributed by atoms with Crippen molar-refractivity contribution in [3.63, 3.8) is 0 Å². The van der Waals surface area contributed by atoms with Gasteiger partial charge in [-0.05, 0) is 31.8 Å². The topological polar surface area (TPSA) is 23.5 Å². The fourth-order valence-electron chi connectivity index (χ4n) is 1.23. The number of hydrogen-bond acceptors (Lipinski definition) is 2. The molecular weight excluding hydrogens is 150 g/mol. The van der Waals surface area contributed by atoms with Crippen molar-refractivity contribution < 1.29 is 5.11 Å². The Kier molecular flexibility index (Phi) is 7.51. The second-order valence-corrected chi connectivity index (χ2v) is 3.75.